The molecule has 0 fully saturated rings. The number of carbonyl (C=O) groups excluding carboxylic acids is 1. The van der Waals surface area contributed by atoms with Crippen LogP contribution in [0.4, 0.5) is 0 Å². The lowest BCUT2D eigenvalue weighted by Crippen LogP contribution is -2.42. The van der Waals surface area contributed by atoms with Crippen LogP contribution in [0.15, 0.2) is 93.9 Å². The van der Waals surface area contributed by atoms with Crippen molar-refractivity contribution in [1.29, 1.82) is 0 Å². The average molecular weight is 559 g/mol. The molecule has 1 N–H and O–H groups in total. The SMILES string of the molecule is COC(=O)[C@H](C)N=C(NS(=O)(=O)c1ccc(Cl)cc1)N1CC(c2ccccc2)C(c2ccc(Cl)cc2)=N1. The highest BCUT2D eigenvalue weighted by atomic mass is 35.5. The number of benzene rings is 3. The van der Waals surface area contributed by atoms with Gasteiger partial charge in [0.2, 0.25) is 5.96 Å². The van der Waals surface area contributed by atoms with Gasteiger partial charge < -0.3 is 4.74 Å². The van der Waals surface area contributed by atoms with Gasteiger partial charge in [-0.15, -0.1) is 0 Å². The van der Waals surface area contributed by atoms with Crippen molar-refractivity contribution in [2.45, 2.75) is 23.8 Å². The summed E-state index contributed by atoms with van der Waals surface area (Å²) in [5.41, 5.74) is 2.51. The lowest BCUT2D eigenvalue weighted by Gasteiger charge is -2.21. The molecule has 0 amide bonds. The van der Waals surface area contributed by atoms with E-state index in [4.69, 9.17) is 33.0 Å². The molecular formula is C26H24Cl2N4O4S. The summed E-state index contributed by atoms with van der Waals surface area (Å²) >= 11 is 12.0. The number of carbonyl (C=O) groups is 1. The second-order valence-electron chi connectivity index (χ2n) is 8.25. The minimum absolute atomic E-state index is 0.0176. The van der Waals surface area contributed by atoms with E-state index in [1.54, 1.807) is 12.1 Å². The second-order valence-corrected chi connectivity index (χ2v) is 10.8. The third-order valence-electron chi connectivity index (χ3n) is 5.71. The number of nitrogens with zero attached hydrogens (tertiary/aromatic N) is 3. The fraction of sp³-hybridized carbons (Fsp3) is 0.192. The summed E-state index contributed by atoms with van der Waals surface area (Å²) in [5.74, 6) is -0.942. The molecule has 1 unspecified atom stereocenters. The van der Waals surface area contributed by atoms with Gasteiger partial charge in [-0.2, -0.15) is 5.10 Å². The number of ether oxygens (including phenoxy) is 1. The summed E-state index contributed by atoms with van der Waals surface area (Å²) in [6.07, 6.45) is 0. The van der Waals surface area contributed by atoms with E-state index >= 15 is 0 Å². The number of hydrogen-bond acceptors (Lipinski definition) is 6. The van der Waals surface area contributed by atoms with E-state index in [1.165, 1.54) is 43.3 Å². The number of aliphatic imine (C=N–C) groups is 1. The highest BCUT2D eigenvalue weighted by Crippen LogP contribution is 2.30. The Morgan fingerprint density at radius 3 is 2.22 bits per heavy atom. The third kappa shape index (κ3) is 6.30. The zero-order valence-corrected chi connectivity index (χ0v) is 22.3. The van der Waals surface area contributed by atoms with Crippen molar-refractivity contribution in [3.05, 3.63) is 100 Å². The highest BCUT2D eigenvalue weighted by Gasteiger charge is 2.33. The molecule has 4 rings (SSSR count). The number of esters is 1. The predicted molar refractivity (Wildman–Crippen MR) is 145 cm³/mol. The van der Waals surface area contributed by atoms with Crippen LogP contribution in [0.2, 0.25) is 10.0 Å². The minimum atomic E-state index is -4.08. The van der Waals surface area contributed by atoms with Crippen molar-refractivity contribution in [2.75, 3.05) is 13.7 Å². The maximum absolute atomic E-state index is 13.2. The van der Waals surface area contributed by atoms with E-state index in [0.29, 0.717) is 15.8 Å². The first-order valence-electron chi connectivity index (χ1n) is 11.3. The zero-order chi connectivity index (χ0) is 26.6. The van der Waals surface area contributed by atoms with Gasteiger partial charge in [-0.1, -0.05) is 65.7 Å². The average Bonchev–Trinajstić information content (AvgIpc) is 3.34. The third-order valence-corrected chi connectivity index (χ3v) is 7.56. The number of rotatable bonds is 6. The van der Waals surface area contributed by atoms with Gasteiger partial charge in [-0.3, -0.25) is 0 Å². The summed E-state index contributed by atoms with van der Waals surface area (Å²) in [5, 5.41) is 7.19. The molecule has 0 aliphatic carbocycles. The molecule has 11 heteroatoms. The normalized spacial score (nSPS) is 16.8. The van der Waals surface area contributed by atoms with Gasteiger partial charge in [0.25, 0.3) is 10.0 Å². The maximum atomic E-state index is 13.2. The Morgan fingerprint density at radius 1 is 1.03 bits per heavy atom. The van der Waals surface area contributed by atoms with E-state index in [9.17, 15) is 13.2 Å². The fourth-order valence-corrected chi connectivity index (χ4v) is 5.07. The van der Waals surface area contributed by atoms with Gasteiger partial charge in [0.05, 0.1) is 24.3 Å². The van der Waals surface area contributed by atoms with Crippen LogP contribution in [0.25, 0.3) is 0 Å². The minimum Gasteiger partial charge on any atom is -0.467 e. The molecule has 0 saturated heterocycles. The van der Waals surface area contributed by atoms with Crippen LogP contribution in [0.5, 0.6) is 0 Å². The smallest absolute Gasteiger partial charge is 0.330 e. The Bertz CT molecular complexity index is 1430. The van der Waals surface area contributed by atoms with Crippen LogP contribution in [0, 0.1) is 0 Å². The standard InChI is InChI=1S/C26H24Cl2N4O4S/c1-17(25(33)36-2)29-26(31-37(34,35)22-14-12-21(28)13-15-22)32-16-23(18-6-4-3-5-7-18)24(30-32)19-8-10-20(27)11-9-19/h3-15,17,23H,16H2,1-2H3,(H,29,31)/t17-,23?/m0/s1. The lowest BCUT2D eigenvalue weighted by molar-refractivity contribution is -0.141. The largest absolute Gasteiger partial charge is 0.467 e. The van der Waals surface area contributed by atoms with Gasteiger partial charge in [-0.25, -0.2) is 27.9 Å². The maximum Gasteiger partial charge on any atom is 0.330 e. The predicted octanol–water partition coefficient (Wildman–Crippen LogP) is 4.69. The summed E-state index contributed by atoms with van der Waals surface area (Å²) in [4.78, 5) is 16.5. The highest BCUT2D eigenvalue weighted by molar-refractivity contribution is 7.90. The molecule has 0 spiro atoms. The molecule has 1 aliphatic heterocycles. The lowest BCUT2D eigenvalue weighted by atomic mass is 9.91. The number of hydrazone groups is 1. The van der Waals surface area contributed by atoms with E-state index < -0.39 is 22.0 Å². The van der Waals surface area contributed by atoms with Crippen molar-refractivity contribution in [3.8, 4) is 0 Å². The summed E-state index contributed by atoms with van der Waals surface area (Å²) in [7, 11) is -2.84. The Labute approximate surface area is 225 Å². The molecule has 2 atom stereocenters. The van der Waals surface area contributed by atoms with E-state index in [2.05, 4.69) is 9.71 Å². The van der Waals surface area contributed by atoms with Crippen molar-refractivity contribution in [3.63, 3.8) is 0 Å². The molecule has 37 heavy (non-hydrogen) atoms. The molecule has 0 radical (unpaired) electrons. The summed E-state index contributed by atoms with van der Waals surface area (Å²) < 4.78 is 33.8. The Hall–Kier alpha value is -3.40. The molecular weight excluding hydrogens is 535 g/mol. The Kier molecular flexibility index (Phi) is 8.16. The van der Waals surface area contributed by atoms with Crippen LogP contribution in [-0.2, 0) is 19.6 Å². The van der Waals surface area contributed by atoms with Gasteiger partial charge in [0.15, 0.2) is 0 Å². The first kappa shape index (κ1) is 26.7. The molecule has 1 aliphatic rings. The van der Waals surface area contributed by atoms with Crippen molar-refractivity contribution < 1.29 is 17.9 Å². The van der Waals surface area contributed by atoms with Crippen LogP contribution >= 0.6 is 23.2 Å². The molecule has 3 aromatic carbocycles. The molecule has 0 aromatic heterocycles. The summed E-state index contributed by atoms with van der Waals surface area (Å²) in [6, 6.07) is 21.7. The van der Waals surface area contributed by atoms with Crippen molar-refractivity contribution in [1.82, 2.24) is 9.73 Å². The van der Waals surface area contributed by atoms with E-state index in [0.717, 1.165) is 11.1 Å². The number of sulfonamides is 1. The fourth-order valence-electron chi connectivity index (χ4n) is 3.81. The molecule has 192 valence electrons. The topological polar surface area (TPSA) is 100 Å². The molecule has 1 heterocycles. The van der Waals surface area contributed by atoms with Crippen LogP contribution < -0.4 is 4.72 Å². The van der Waals surface area contributed by atoms with Gasteiger partial charge in [0, 0.05) is 16.0 Å². The quantitative estimate of drug-likeness (QED) is 0.268. The number of methoxy groups -OCH3 is 1. The van der Waals surface area contributed by atoms with E-state index in [1.807, 2.05) is 42.5 Å². The van der Waals surface area contributed by atoms with Crippen LogP contribution in [-0.4, -0.2) is 50.8 Å². The van der Waals surface area contributed by atoms with Gasteiger partial charge >= 0.3 is 5.97 Å². The van der Waals surface area contributed by atoms with Crippen LogP contribution in [0.3, 0.4) is 0 Å². The number of hydrogen-bond donors (Lipinski definition) is 1. The monoisotopic (exact) mass is 558 g/mol. The number of guanidine groups is 1. The molecule has 3 aromatic rings. The van der Waals surface area contributed by atoms with Crippen molar-refractivity contribution in [2.24, 2.45) is 10.1 Å². The molecule has 0 saturated carbocycles. The Morgan fingerprint density at radius 2 is 1.62 bits per heavy atom. The first-order chi connectivity index (χ1) is 17.7. The van der Waals surface area contributed by atoms with Crippen LogP contribution in [0.1, 0.15) is 24.0 Å². The van der Waals surface area contributed by atoms with Gasteiger partial charge in [0.1, 0.15) is 6.04 Å². The number of nitrogens with one attached hydrogen (secondary N) is 1. The number of halogens is 2. The van der Waals surface area contributed by atoms with E-state index in [-0.39, 0.29) is 23.3 Å². The first-order valence-corrected chi connectivity index (χ1v) is 13.5. The summed E-state index contributed by atoms with van der Waals surface area (Å²) in [6.45, 7) is 1.79. The van der Waals surface area contributed by atoms with Gasteiger partial charge in [-0.05, 0) is 54.4 Å². The molecule has 0 bridgehead atoms. The second kappa shape index (κ2) is 11.3. The zero-order valence-electron chi connectivity index (χ0n) is 20.0. The Balaban J connectivity index is 1.77. The molecule has 8 nitrogen and oxygen atoms in total. The van der Waals surface area contributed by atoms with Crippen molar-refractivity contribution >= 4 is 50.9 Å².